The lowest BCUT2D eigenvalue weighted by atomic mass is 9.45. The van der Waals surface area contributed by atoms with Crippen LogP contribution in [0.5, 0.6) is 0 Å². The summed E-state index contributed by atoms with van der Waals surface area (Å²) in [5.74, 6) is -2.14. The van der Waals surface area contributed by atoms with Gasteiger partial charge < -0.3 is 75.1 Å². The van der Waals surface area contributed by atoms with E-state index in [1.807, 2.05) is 0 Å². The van der Waals surface area contributed by atoms with Crippen LogP contribution in [0.15, 0.2) is 12.2 Å². The zero-order valence-corrected chi connectivity index (χ0v) is 30.7. The van der Waals surface area contributed by atoms with E-state index in [9.17, 15) is 61.0 Å². The maximum atomic E-state index is 14.1. The van der Waals surface area contributed by atoms with Crippen molar-refractivity contribution in [3.05, 3.63) is 12.2 Å². The first-order valence-corrected chi connectivity index (χ1v) is 18.4. The molecule has 302 valence electrons. The molecule has 0 aromatic heterocycles. The quantitative estimate of drug-likeness (QED) is 0.0487. The second-order valence-electron chi connectivity index (χ2n) is 16.2. The highest BCUT2D eigenvalue weighted by atomic mass is 16.7. The molecule has 3 aliphatic carbocycles. The molecule has 0 bridgehead atoms. The van der Waals surface area contributed by atoms with Gasteiger partial charge in [0.15, 0.2) is 6.29 Å². The Kier molecular flexibility index (Phi) is 14.4. The fourth-order valence-corrected chi connectivity index (χ4v) is 10.1. The first-order chi connectivity index (χ1) is 24.3. The number of hydrogen-bond acceptors (Lipinski definition) is 16. The van der Waals surface area contributed by atoms with Gasteiger partial charge in [-0.1, -0.05) is 32.4 Å². The monoisotopic (exact) mass is 750 g/mol. The van der Waals surface area contributed by atoms with Gasteiger partial charge in [0, 0.05) is 7.11 Å². The average molecular weight is 751 g/mol. The van der Waals surface area contributed by atoms with Crippen molar-refractivity contribution in [1.82, 2.24) is 0 Å². The summed E-state index contributed by atoms with van der Waals surface area (Å²) < 4.78 is 22.1. The van der Waals surface area contributed by atoms with Crippen molar-refractivity contribution in [3.8, 4) is 0 Å². The summed E-state index contributed by atoms with van der Waals surface area (Å²) in [7, 11) is 1.31. The molecule has 0 amide bonds. The first-order valence-electron chi connectivity index (χ1n) is 18.4. The van der Waals surface area contributed by atoms with Crippen LogP contribution in [0.25, 0.3) is 0 Å². The lowest BCUT2D eigenvalue weighted by molar-refractivity contribution is -0.297. The van der Waals surface area contributed by atoms with Gasteiger partial charge in [-0.3, -0.25) is 4.79 Å². The molecule has 1 heterocycles. The molecule has 1 saturated heterocycles. The predicted octanol–water partition coefficient (Wildman–Crippen LogP) is -2.08. The molecule has 0 spiro atoms. The minimum Gasteiger partial charge on any atom is -0.432 e. The van der Waals surface area contributed by atoms with E-state index in [1.54, 1.807) is 13.8 Å². The van der Waals surface area contributed by atoms with Crippen LogP contribution < -0.4 is 0 Å². The number of aliphatic hydroxyl groups excluding tert-OH is 11. The number of allylic oxidation sites excluding steroid dienone is 1. The summed E-state index contributed by atoms with van der Waals surface area (Å²) in [5.41, 5.74) is -0.801. The normalized spacial score (nSPS) is 41.8. The maximum absolute atomic E-state index is 14.1. The molecule has 17 unspecified atom stereocenters. The van der Waals surface area contributed by atoms with E-state index in [4.69, 9.17) is 18.9 Å². The summed E-state index contributed by atoms with van der Waals surface area (Å²) in [6, 6.07) is 0. The van der Waals surface area contributed by atoms with E-state index in [2.05, 4.69) is 13.5 Å². The van der Waals surface area contributed by atoms with Crippen molar-refractivity contribution in [2.45, 2.75) is 146 Å². The van der Waals surface area contributed by atoms with Crippen molar-refractivity contribution in [1.29, 1.82) is 0 Å². The molecule has 0 aromatic carbocycles. The summed E-state index contributed by atoms with van der Waals surface area (Å²) in [6.45, 7) is 9.94. The third-order valence-electron chi connectivity index (χ3n) is 13.1. The van der Waals surface area contributed by atoms with E-state index < -0.39 is 122 Å². The number of fused-ring (bicyclic) bond motifs is 3. The summed E-state index contributed by atoms with van der Waals surface area (Å²) in [5, 5.41) is 115. The third kappa shape index (κ3) is 7.98. The van der Waals surface area contributed by atoms with Crippen LogP contribution in [0.1, 0.15) is 66.2 Å². The Morgan fingerprint density at radius 3 is 2.17 bits per heavy atom. The molecule has 52 heavy (non-hydrogen) atoms. The first kappa shape index (κ1) is 43.4. The van der Waals surface area contributed by atoms with E-state index in [0.717, 1.165) is 5.57 Å². The number of ether oxygens (including phenoxy) is 4. The second-order valence-corrected chi connectivity index (χ2v) is 16.2. The number of rotatable bonds is 15. The second kappa shape index (κ2) is 17.2. The van der Waals surface area contributed by atoms with Crippen LogP contribution in [0.3, 0.4) is 0 Å². The van der Waals surface area contributed by atoms with Crippen LogP contribution in [0.2, 0.25) is 0 Å². The van der Waals surface area contributed by atoms with E-state index in [0.29, 0.717) is 38.5 Å². The van der Waals surface area contributed by atoms with Gasteiger partial charge in [-0.25, -0.2) is 0 Å². The molecule has 11 N–H and O–H groups in total. The van der Waals surface area contributed by atoms with Crippen LogP contribution in [-0.2, 0) is 23.7 Å². The zero-order chi connectivity index (χ0) is 39.0. The fourth-order valence-electron chi connectivity index (χ4n) is 10.1. The van der Waals surface area contributed by atoms with Crippen LogP contribution in [-0.4, -0.2) is 162 Å². The molecule has 4 aliphatic rings. The van der Waals surface area contributed by atoms with Gasteiger partial charge in [-0.05, 0) is 81.0 Å². The highest BCUT2D eigenvalue weighted by Gasteiger charge is 2.64. The van der Waals surface area contributed by atoms with Crippen molar-refractivity contribution in [2.75, 3.05) is 20.3 Å². The molecule has 16 nitrogen and oxygen atoms in total. The highest BCUT2D eigenvalue weighted by molar-refractivity contribution is 5.77. The number of methoxy groups -OCH3 is 1. The van der Waals surface area contributed by atoms with Gasteiger partial charge in [0.05, 0.1) is 30.8 Å². The minimum absolute atomic E-state index is 0.107. The number of esters is 1. The highest BCUT2D eigenvalue weighted by Crippen LogP contribution is 2.68. The average Bonchev–Trinajstić information content (AvgIpc) is 3.48. The Bertz CT molecular complexity index is 1200. The molecule has 4 rings (SSSR count). The number of carbonyl (C=O) groups excluding carboxylic acids is 1. The van der Waals surface area contributed by atoms with Gasteiger partial charge in [0.1, 0.15) is 54.9 Å². The molecule has 20 atom stereocenters. The molecule has 16 heteroatoms. The lowest BCUT2D eigenvalue weighted by Gasteiger charge is -2.59. The van der Waals surface area contributed by atoms with Crippen molar-refractivity contribution < 1.29 is 79.9 Å². The smallest absolute Gasteiger partial charge is 0.314 e. The maximum Gasteiger partial charge on any atom is 0.314 e. The number of carbonyl (C=O) groups is 1. The molecule has 0 radical (unpaired) electrons. The topological polar surface area (TPSA) is 277 Å². The Labute approximate surface area is 304 Å². The lowest BCUT2D eigenvalue weighted by Crippen LogP contribution is -2.61. The minimum atomic E-state index is -2.07. The third-order valence-corrected chi connectivity index (χ3v) is 13.1. The van der Waals surface area contributed by atoms with Crippen LogP contribution in [0, 0.1) is 40.4 Å². The van der Waals surface area contributed by atoms with E-state index in [-0.39, 0.29) is 17.8 Å². The molecular formula is C36H62O16. The van der Waals surface area contributed by atoms with Gasteiger partial charge >= 0.3 is 5.97 Å². The van der Waals surface area contributed by atoms with E-state index in [1.165, 1.54) is 14.0 Å². The van der Waals surface area contributed by atoms with Crippen molar-refractivity contribution in [3.63, 3.8) is 0 Å². The van der Waals surface area contributed by atoms with Crippen molar-refractivity contribution >= 4 is 5.97 Å². The van der Waals surface area contributed by atoms with Gasteiger partial charge in [-0.2, -0.15) is 0 Å². The molecular weight excluding hydrogens is 688 g/mol. The Hall–Kier alpha value is -1.35. The largest absolute Gasteiger partial charge is 0.432 e. The Morgan fingerprint density at radius 2 is 1.58 bits per heavy atom. The molecule has 3 saturated carbocycles. The zero-order valence-electron chi connectivity index (χ0n) is 30.7. The summed E-state index contributed by atoms with van der Waals surface area (Å²) >= 11 is 0. The standard InChI is InChI=1S/C36H62O16/c1-15-12-18-8-9-21-35(4,10-7-11-36(21,5)34(48)52-33-30(46)27(43)26(42)20(14-38)50-33)23(18)22(15)16(2)31(28(44)25(41)19(39)13-37)51-32(47)29(45)24(40)17(3)49-6/h16-33,37-47H,1,7-14H2,2-6H3/t16?,17?,18?,19?,20?,21?,22?,23-,24?,25?,26?,27?,28?,29?,30?,31?,32?,33?,35+,36+/m0/s1. The van der Waals surface area contributed by atoms with Gasteiger partial charge in [0.25, 0.3) is 0 Å². The van der Waals surface area contributed by atoms with Crippen LogP contribution in [0.4, 0.5) is 0 Å². The van der Waals surface area contributed by atoms with E-state index >= 15 is 0 Å². The number of aliphatic hydroxyl groups is 11. The van der Waals surface area contributed by atoms with Crippen molar-refractivity contribution in [2.24, 2.45) is 40.4 Å². The Morgan fingerprint density at radius 1 is 0.923 bits per heavy atom. The van der Waals surface area contributed by atoms with Gasteiger partial charge in [0.2, 0.25) is 6.29 Å². The summed E-state index contributed by atoms with van der Waals surface area (Å²) in [4.78, 5) is 14.1. The predicted molar refractivity (Wildman–Crippen MR) is 181 cm³/mol. The van der Waals surface area contributed by atoms with Gasteiger partial charge in [-0.15, -0.1) is 0 Å². The SMILES string of the molecule is C=C1CC2CCC3[C@](C)(C(=O)OC4OC(CO)C(O)C(O)C4O)CCC[C@@]3(C)[C@@H]2C1C(C)C(OC(O)C(O)C(O)C(C)OC)C(O)C(O)C(O)CO. The number of hydrogen-bond donors (Lipinski definition) is 11. The molecule has 1 aliphatic heterocycles. The fraction of sp³-hybridized carbons (Fsp3) is 0.917. The summed E-state index contributed by atoms with van der Waals surface area (Å²) in [6.07, 6.45) is -17.7. The molecule has 4 fully saturated rings. The molecule has 0 aromatic rings. The Balaban J connectivity index is 1.65. The van der Waals surface area contributed by atoms with Crippen LogP contribution >= 0.6 is 0 Å².